The molecule has 8 nitrogen and oxygen atoms in total. The molecule has 3 aromatic rings. The number of carbonyl (C=O) groups is 2. The number of rotatable bonds is 11. The Morgan fingerprint density at radius 2 is 1.61 bits per heavy atom. The van der Waals surface area contributed by atoms with Crippen LogP contribution < -0.4 is 19.5 Å². The number of para-hydroxylation sites is 1. The van der Waals surface area contributed by atoms with Crippen molar-refractivity contribution in [3.05, 3.63) is 82.9 Å². The van der Waals surface area contributed by atoms with E-state index in [0.717, 1.165) is 53.6 Å². The van der Waals surface area contributed by atoms with Gasteiger partial charge in [-0.1, -0.05) is 63.1 Å². The number of carboxylic acids is 1. The number of ether oxygens (including phenoxy) is 3. The topological polar surface area (TPSA) is 97.3 Å². The highest BCUT2D eigenvalue weighted by atomic mass is 16.7. The number of hydrogen-bond donors (Lipinski definition) is 2. The lowest BCUT2D eigenvalue weighted by molar-refractivity contribution is -0.143. The van der Waals surface area contributed by atoms with Gasteiger partial charge < -0.3 is 24.6 Å². The molecule has 2 N–H and O–H groups in total. The largest absolute Gasteiger partial charge is 0.497 e. The second kappa shape index (κ2) is 12.6. The first-order valence-electron chi connectivity index (χ1n) is 14.3. The van der Waals surface area contributed by atoms with Gasteiger partial charge in [0.1, 0.15) is 5.75 Å². The van der Waals surface area contributed by atoms with Crippen LogP contribution in [0.4, 0.5) is 5.69 Å². The summed E-state index contributed by atoms with van der Waals surface area (Å²) in [5.74, 6) is -0.249. The van der Waals surface area contributed by atoms with Crippen LogP contribution in [0, 0.1) is 5.92 Å². The van der Waals surface area contributed by atoms with Crippen LogP contribution in [0.15, 0.2) is 60.7 Å². The van der Waals surface area contributed by atoms with Crippen LogP contribution in [0.1, 0.15) is 60.9 Å². The number of carbonyl (C=O) groups excluding carboxylic acids is 1. The number of nitrogens with zero attached hydrogens (tertiary/aromatic N) is 1. The van der Waals surface area contributed by atoms with Gasteiger partial charge in [-0.15, -0.1) is 0 Å². The van der Waals surface area contributed by atoms with Crippen LogP contribution in [0.5, 0.6) is 17.2 Å². The Morgan fingerprint density at radius 1 is 0.951 bits per heavy atom. The van der Waals surface area contributed by atoms with E-state index in [1.54, 1.807) is 7.11 Å². The lowest BCUT2D eigenvalue weighted by Crippen LogP contribution is -2.35. The maximum Gasteiger partial charge on any atom is 0.309 e. The monoisotopic (exact) mass is 558 g/mol. The summed E-state index contributed by atoms with van der Waals surface area (Å²) in [5.41, 5.74) is 4.82. The van der Waals surface area contributed by atoms with Crippen molar-refractivity contribution in [3.8, 4) is 17.2 Å². The molecule has 2 heterocycles. The lowest BCUT2D eigenvalue weighted by atomic mass is 9.82. The third kappa shape index (κ3) is 6.03. The van der Waals surface area contributed by atoms with E-state index >= 15 is 0 Å². The van der Waals surface area contributed by atoms with Gasteiger partial charge in [0.15, 0.2) is 11.5 Å². The van der Waals surface area contributed by atoms with Crippen molar-refractivity contribution in [3.63, 3.8) is 0 Å². The van der Waals surface area contributed by atoms with Crippen LogP contribution in [0.2, 0.25) is 0 Å². The van der Waals surface area contributed by atoms with Gasteiger partial charge in [-0.05, 0) is 59.4 Å². The summed E-state index contributed by atoms with van der Waals surface area (Å²) in [7, 11) is 1.60. The Bertz CT molecular complexity index is 1360. The Hall–Kier alpha value is -4.04. The average Bonchev–Trinajstić information content (AvgIpc) is 3.59. The standard InChI is InChI=1S/C33H38N2O6/c1-4-7-21-9-6-10-22(8-5-2)31(21)34-29(36)19-35-18-26(24-13-16-27-28(17-24)41-20-40-27)30(33(37)38)32(35)23-11-14-25(39-3)15-12-23/h6,9-17,26,30,32H,4-5,7-8,18-20H2,1-3H3,(H,34,36)(H,37,38)/t26-,30+,32+/m1/s1. The molecule has 216 valence electrons. The van der Waals surface area contributed by atoms with E-state index in [9.17, 15) is 14.7 Å². The van der Waals surface area contributed by atoms with Crippen molar-refractivity contribution in [1.29, 1.82) is 0 Å². The summed E-state index contributed by atoms with van der Waals surface area (Å²) >= 11 is 0. The van der Waals surface area contributed by atoms with Crippen molar-refractivity contribution < 1.29 is 28.9 Å². The maximum absolute atomic E-state index is 13.7. The summed E-state index contributed by atoms with van der Waals surface area (Å²) < 4.78 is 16.4. The third-order valence-corrected chi connectivity index (χ3v) is 8.05. The Morgan fingerprint density at radius 3 is 2.24 bits per heavy atom. The molecule has 0 bridgehead atoms. The molecular formula is C33H38N2O6. The number of aliphatic carboxylic acids is 1. The van der Waals surface area contributed by atoms with Gasteiger partial charge in [0.05, 0.1) is 19.6 Å². The molecule has 0 radical (unpaired) electrons. The number of fused-ring (bicyclic) bond motifs is 1. The number of benzene rings is 3. The molecule has 0 unspecified atom stereocenters. The molecule has 0 aliphatic carbocycles. The highest BCUT2D eigenvalue weighted by Crippen LogP contribution is 2.47. The number of carboxylic acid groups (broad SMARTS) is 1. The van der Waals surface area contributed by atoms with Crippen LogP contribution in [-0.2, 0) is 22.4 Å². The van der Waals surface area contributed by atoms with Gasteiger partial charge >= 0.3 is 5.97 Å². The molecule has 0 aromatic heterocycles. The van der Waals surface area contributed by atoms with Gasteiger partial charge in [0.2, 0.25) is 12.7 Å². The van der Waals surface area contributed by atoms with Crippen molar-refractivity contribution in [2.75, 3.05) is 32.3 Å². The number of likely N-dealkylation sites (tertiary alicyclic amines) is 1. The fourth-order valence-corrected chi connectivity index (χ4v) is 6.21. The van der Waals surface area contributed by atoms with Gasteiger partial charge in [-0.3, -0.25) is 14.5 Å². The number of aryl methyl sites for hydroxylation is 2. The van der Waals surface area contributed by atoms with Gasteiger partial charge in [-0.2, -0.15) is 0 Å². The van der Waals surface area contributed by atoms with Gasteiger partial charge in [-0.25, -0.2) is 0 Å². The van der Waals surface area contributed by atoms with Crippen LogP contribution >= 0.6 is 0 Å². The van der Waals surface area contributed by atoms with Gasteiger partial charge in [0.25, 0.3) is 0 Å². The zero-order chi connectivity index (χ0) is 28.9. The molecule has 2 aliphatic heterocycles. The molecule has 0 spiro atoms. The summed E-state index contributed by atoms with van der Waals surface area (Å²) in [5, 5.41) is 13.8. The van der Waals surface area contributed by atoms with Crippen molar-refractivity contribution >= 4 is 17.6 Å². The Labute approximate surface area is 241 Å². The third-order valence-electron chi connectivity index (χ3n) is 8.05. The summed E-state index contributed by atoms with van der Waals surface area (Å²) in [6, 6.07) is 18.7. The maximum atomic E-state index is 13.7. The summed E-state index contributed by atoms with van der Waals surface area (Å²) in [6.45, 7) is 4.87. The molecule has 1 fully saturated rings. The van der Waals surface area contributed by atoms with Crippen LogP contribution in [0.3, 0.4) is 0 Å². The van der Waals surface area contributed by atoms with E-state index in [4.69, 9.17) is 14.2 Å². The second-order valence-electron chi connectivity index (χ2n) is 10.7. The number of methoxy groups -OCH3 is 1. The molecule has 1 saturated heterocycles. The van der Waals surface area contributed by atoms with Crippen LogP contribution in [0.25, 0.3) is 0 Å². The SMILES string of the molecule is CCCc1cccc(CCC)c1NC(=O)CN1C[C@H](c2ccc3c(c2)OCO3)[C@H](C(=O)O)[C@@H]1c1ccc(OC)cc1. The minimum Gasteiger partial charge on any atom is -0.497 e. The quantitative estimate of drug-likeness (QED) is 0.307. The first-order chi connectivity index (χ1) is 19.9. The number of anilines is 1. The molecule has 3 aromatic carbocycles. The van der Waals surface area contributed by atoms with E-state index in [1.165, 1.54) is 0 Å². The summed E-state index contributed by atoms with van der Waals surface area (Å²) in [4.78, 5) is 28.5. The lowest BCUT2D eigenvalue weighted by Gasteiger charge is -2.27. The number of nitrogens with one attached hydrogen (secondary N) is 1. The van der Waals surface area contributed by atoms with Crippen LogP contribution in [-0.4, -0.2) is 48.9 Å². The summed E-state index contributed by atoms with van der Waals surface area (Å²) in [6.07, 6.45) is 3.69. The predicted octanol–water partition coefficient (Wildman–Crippen LogP) is 5.81. The van der Waals surface area contributed by atoms with E-state index in [2.05, 4.69) is 37.4 Å². The van der Waals surface area contributed by atoms with Crippen molar-refractivity contribution in [1.82, 2.24) is 4.90 Å². The average molecular weight is 559 g/mol. The molecule has 2 aliphatic rings. The zero-order valence-electron chi connectivity index (χ0n) is 23.9. The Balaban J connectivity index is 1.48. The second-order valence-corrected chi connectivity index (χ2v) is 10.7. The highest BCUT2D eigenvalue weighted by Gasteiger charge is 2.48. The zero-order valence-corrected chi connectivity index (χ0v) is 23.9. The van der Waals surface area contributed by atoms with E-state index in [0.29, 0.717) is 23.8 Å². The molecule has 3 atom stereocenters. The Kier molecular flexibility index (Phi) is 8.78. The molecule has 41 heavy (non-hydrogen) atoms. The first-order valence-corrected chi connectivity index (χ1v) is 14.3. The van der Waals surface area contributed by atoms with Gasteiger partial charge in [0, 0.05) is 24.2 Å². The molecular weight excluding hydrogens is 520 g/mol. The molecule has 8 heteroatoms. The smallest absolute Gasteiger partial charge is 0.309 e. The van der Waals surface area contributed by atoms with E-state index in [1.807, 2.05) is 47.4 Å². The molecule has 0 saturated carbocycles. The number of amides is 1. The number of hydrogen-bond acceptors (Lipinski definition) is 6. The fourth-order valence-electron chi connectivity index (χ4n) is 6.21. The first kappa shape index (κ1) is 28.5. The van der Waals surface area contributed by atoms with E-state index < -0.39 is 17.9 Å². The van der Waals surface area contributed by atoms with Crippen molar-refractivity contribution in [2.45, 2.75) is 51.5 Å². The predicted molar refractivity (Wildman–Crippen MR) is 157 cm³/mol. The normalized spacial score (nSPS) is 19.7. The molecule has 5 rings (SSSR count). The molecule has 1 amide bonds. The fraction of sp³-hybridized carbons (Fsp3) is 0.394. The minimum atomic E-state index is -0.907. The van der Waals surface area contributed by atoms with Crippen molar-refractivity contribution in [2.24, 2.45) is 5.92 Å². The minimum absolute atomic E-state index is 0.0630. The highest BCUT2D eigenvalue weighted by molar-refractivity contribution is 5.94. The van der Waals surface area contributed by atoms with E-state index in [-0.39, 0.29) is 25.2 Å².